The van der Waals surface area contributed by atoms with E-state index in [0.29, 0.717) is 10.6 Å². The van der Waals surface area contributed by atoms with Crippen molar-refractivity contribution in [2.75, 3.05) is 5.32 Å². The van der Waals surface area contributed by atoms with Crippen LogP contribution in [0.4, 0.5) is 5.69 Å². The van der Waals surface area contributed by atoms with E-state index in [4.69, 9.17) is 16.9 Å². The number of halogens is 1. The lowest BCUT2D eigenvalue weighted by Gasteiger charge is -2.17. The maximum atomic E-state index is 8.92. The molecule has 1 N–H and O–H groups in total. The Morgan fingerprint density at radius 2 is 2.00 bits per heavy atom. The number of nitrogens with zero attached hydrogens (tertiary/aromatic N) is 1. The molecule has 96 valence electrons. The van der Waals surface area contributed by atoms with Crippen molar-refractivity contribution in [3.8, 4) is 6.07 Å². The number of anilines is 1. The van der Waals surface area contributed by atoms with Gasteiger partial charge in [-0.1, -0.05) is 29.8 Å². The average Bonchev–Trinajstić information content (AvgIpc) is 2.43. The standard InChI is InChI=1S/C16H15ClN2/c1-11-6-7-15(17)16(8-11)19-12(2)14-5-3-4-13(9-14)10-18/h3-9,12,19H,1-2H3. The highest BCUT2D eigenvalue weighted by atomic mass is 35.5. The molecule has 0 saturated carbocycles. The van der Waals surface area contributed by atoms with E-state index in [1.165, 1.54) is 0 Å². The zero-order chi connectivity index (χ0) is 13.8. The van der Waals surface area contributed by atoms with Gasteiger partial charge in [0.15, 0.2) is 0 Å². The van der Waals surface area contributed by atoms with Crippen molar-refractivity contribution in [1.29, 1.82) is 5.26 Å². The molecule has 0 aromatic heterocycles. The molecule has 0 amide bonds. The molecule has 3 heteroatoms. The van der Waals surface area contributed by atoms with Gasteiger partial charge in [0.2, 0.25) is 0 Å². The van der Waals surface area contributed by atoms with Gasteiger partial charge >= 0.3 is 0 Å². The SMILES string of the molecule is Cc1ccc(Cl)c(NC(C)c2cccc(C#N)c2)c1. The lowest BCUT2D eigenvalue weighted by Crippen LogP contribution is -2.07. The number of hydrogen-bond acceptors (Lipinski definition) is 2. The number of nitriles is 1. The molecular formula is C16H15ClN2. The van der Waals surface area contributed by atoms with Crippen LogP contribution < -0.4 is 5.32 Å². The summed E-state index contributed by atoms with van der Waals surface area (Å²) in [5, 5.41) is 13.0. The van der Waals surface area contributed by atoms with Crippen LogP contribution in [0.1, 0.15) is 29.7 Å². The van der Waals surface area contributed by atoms with Crippen molar-refractivity contribution in [2.45, 2.75) is 19.9 Å². The molecular weight excluding hydrogens is 256 g/mol. The molecule has 1 unspecified atom stereocenters. The molecule has 2 rings (SSSR count). The second-order valence-corrected chi connectivity index (χ2v) is 4.99. The van der Waals surface area contributed by atoms with Gasteiger partial charge < -0.3 is 5.32 Å². The van der Waals surface area contributed by atoms with Gasteiger partial charge in [-0.3, -0.25) is 0 Å². The summed E-state index contributed by atoms with van der Waals surface area (Å²) in [6.45, 7) is 4.08. The summed E-state index contributed by atoms with van der Waals surface area (Å²) < 4.78 is 0. The maximum absolute atomic E-state index is 8.92. The van der Waals surface area contributed by atoms with E-state index in [1.807, 2.05) is 43.3 Å². The summed E-state index contributed by atoms with van der Waals surface area (Å²) >= 11 is 6.17. The Hall–Kier alpha value is -1.98. The average molecular weight is 271 g/mol. The monoisotopic (exact) mass is 270 g/mol. The number of benzene rings is 2. The van der Waals surface area contributed by atoms with Crippen LogP contribution in [0.15, 0.2) is 42.5 Å². The highest BCUT2D eigenvalue weighted by Crippen LogP contribution is 2.27. The van der Waals surface area contributed by atoms with Crippen LogP contribution >= 0.6 is 11.6 Å². The summed E-state index contributed by atoms with van der Waals surface area (Å²) in [6, 6.07) is 15.7. The van der Waals surface area contributed by atoms with Crippen LogP contribution in [-0.4, -0.2) is 0 Å². The first-order valence-corrected chi connectivity index (χ1v) is 6.50. The molecule has 1 atom stereocenters. The highest BCUT2D eigenvalue weighted by molar-refractivity contribution is 6.33. The molecule has 2 nitrogen and oxygen atoms in total. The minimum Gasteiger partial charge on any atom is -0.377 e. The molecule has 2 aromatic carbocycles. The third-order valence-electron chi connectivity index (χ3n) is 3.01. The Kier molecular flexibility index (Phi) is 4.09. The van der Waals surface area contributed by atoms with Crippen LogP contribution in [0.25, 0.3) is 0 Å². The molecule has 0 fully saturated rings. The van der Waals surface area contributed by atoms with Crippen molar-refractivity contribution >= 4 is 17.3 Å². The normalized spacial score (nSPS) is 11.7. The molecule has 0 radical (unpaired) electrons. The van der Waals surface area contributed by atoms with Crippen molar-refractivity contribution in [2.24, 2.45) is 0 Å². The second kappa shape index (κ2) is 5.77. The molecule has 2 aromatic rings. The Morgan fingerprint density at radius 1 is 1.21 bits per heavy atom. The summed E-state index contributed by atoms with van der Waals surface area (Å²) in [5.74, 6) is 0. The van der Waals surface area contributed by atoms with Gasteiger partial charge in [-0.2, -0.15) is 5.26 Å². The third kappa shape index (κ3) is 3.27. The van der Waals surface area contributed by atoms with Gasteiger partial charge in [-0.15, -0.1) is 0 Å². The van der Waals surface area contributed by atoms with Gasteiger partial charge in [0.1, 0.15) is 0 Å². The first kappa shape index (κ1) is 13.5. The summed E-state index contributed by atoms with van der Waals surface area (Å²) in [7, 11) is 0. The largest absolute Gasteiger partial charge is 0.377 e. The maximum Gasteiger partial charge on any atom is 0.0991 e. The molecule has 19 heavy (non-hydrogen) atoms. The minimum atomic E-state index is 0.0904. The van der Waals surface area contributed by atoms with Gasteiger partial charge in [0, 0.05) is 6.04 Å². The van der Waals surface area contributed by atoms with Crippen LogP contribution in [0.2, 0.25) is 5.02 Å². The van der Waals surface area contributed by atoms with E-state index in [1.54, 1.807) is 6.07 Å². The van der Waals surface area contributed by atoms with Gasteiger partial charge in [-0.05, 0) is 49.2 Å². The Balaban J connectivity index is 2.23. The number of rotatable bonds is 3. The van der Waals surface area contributed by atoms with Crippen LogP contribution in [0, 0.1) is 18.3 Å². The van der Waals surface area contributed by atoms with Crippen LogP contribution in [0.5, 0.6) is 0 Å². The fraction of sp³-hybridized carbons (Fsp3) is 0.188. The molecule has 0 spiro atoms. The fourth-order valence-corrected chi connectivity index (χ4v) is 2.12. The Labute approximate surface area is 118 Å². The van der Waals surface area contributed by atoms with E-state index in [0.717, 1.165) is 16.8 Å². The number of aryl methyl sites for hydroxylation is 1. The van der Waals surface area contributed by atoms with E-state index in [9.17, 15) is 0 Å². The smallest absolute Gasteiger partial charge is 0.0991 e. The number of hydrogen-bond donors (Lipinski definition) is 1. The molecule has 0 bridgehead atoms. The molecule has 0 heterocycles. The topological polar surface area (TPSA) is 35.8 Å². The van der Waals surface area contributed by atoms with Crippen molar-refractivity contribution in [3.05, 3.63) is 64.2 Å². The van der Waals surface area contributed by atoms with E-state index >= 15 is 0 Å². The predicted molar refractivity (Wildman–Crippen MR) is 79.4 cm³/mol. The van der Waals surface area contributed by atoms with E-state index in [-0.39, 0.29) is 6.04 Å². The fourth-order valence-electron chi connectivity index (χ4n) is 1.94. The van der Waals surface area contributed by atoms with Gasteiger partial charge in [0.05, 0.1) is 22.3 Å². The molecule has 0 aliphatic heterocycles. The summed E-state index contributed by atoms with van der Waals surface area (Å²) in [6.07, 6.45) is 0. The summed E-state index contributed by atoms with van der Waals surface area (Å²) in [5.41, 5.74) is 3.81. The zero-order valence-corrected chi connectivity index (χ0v) is 11.7. The van der Waals surface area contributed by atoms with E-state index in [2.05, 4.69) is 18.3 Å². The minimum absolute atomic E-state index is 0.0904. The second-order valence-electron chi connectivity index (χ2n) is 4.59. The predicted octanol–water partition coefficient (Wildman–Crippen LogP) is 4.69. The number of nitrogens with one attached hydrogen (secondary N) is 1. The first-order chi connectivity index (χ1) is 9.10. The summed E-state index contributed by atoms with van der Waals surface area (Å²) in [4.78, 5) is 0. The molecule has 0 aliphatic carbocycles. The van der Waals surface area contributed by atoms with Crippen LogP contribution in [-0.2, 0) is 0 Å². The highest BCUT2D eigenvalue weighted by Gasteiger charge is 2.08. The lowest BCUT2D eigenvalue weighted by molar-refractivity contribution is 0.884. The Bertz CT molecular complexity index is 629. The van der Waals surface area contributed by atoms with Crippen LogP contribution in [0.3, 0.4) is 0 Å². The zero-order valence-electron chi connectivity index (χ0n) is 10.9. The van der Waals surface area contributed by atoms with Gasteiger partial charge in [-0.25, -0.2) is 0 Å². The molecule has 0 saturated heterocycles. The quantitative estimate of drug-likeness (QED) is 0.878. The Morgan fingerprint density at radius 3 is 2.74 bits per heavy atom. The third-order valence-corrected chi connectivity index (χ3v) is 3.34. The van der Waals surface area contributed by atoms with Gasteiger partial charge in [0.25, 0.3) is 0 Å². The van der Waals surface area contributed by atoms with Crippen molar-refractivity contribution < 1.29 is 0 Å². The lowest BCUT2D eigenvalue weighted by atomic mass is 10.1. The van der Waals surface area contributed by atoms with Crippen molar-refractivity contribution in [3.63, 3.8) is 0 Å². The first-order valence-electron chi connectivity index (χ1n) is 6.13. The van der Waals surface area contributed by atoms with E-state index < -0.39 is 0 Å². The molecule has 0 aliphatic rings. The van der Waals surface area contributed by atoms with Crippen molar-refractivity contribution in [1.82, 2.24) is 0 Å².